The van der Waals surface area contributed by atoms with Gasteiger partial charge in [0.1, 0.15) is 5.82 Å². The third-order valence-corrected chi connectivity index (χ3v) is 5.30. The number of halogens is 2. The van der Waals surface area contributed by atoms with E-state index in [2.05, 4.69) is 26.1 Å². The normalized spacial score (nSPS) is 23.1. The summed E-state index contributed by atoms with van der Waals surface area (Å²) in [7, 11) is 0. The predicted octanol–water partition coefficient (Wildman–Crippen LogP) is 2.82. The Kier molecular flexibility index (Phi) is 5.67. The molecule has 1 N–H and O–H groups in total. The molecule has 1 aromatic carbocycles. The number of likely N-dealkylation sites (tertiary alicyclic amines) is 1. The summed E-state index contributed by atoms with van der Waals surface area (Å²) in [5, 5.41) is 3.07. The van der Waals surface area contributed by atoms with Crippen molar-refractivity contribution in [2.75, 3.05) is 32.8 Å². The average Bonchev–Trinajstić information content (AvgIpc) is 3.02. The lowest BCUT2D eigenvalue weighted by Crippen LogP contribution is -2.45. The lowest BCUT2D eigenvalue weighted by atomic mass is 10.0. The smallest absolute Gasteiger partial charge is 0.252 e. The molecule has 0 bridgehead atoms. The van der Waals surface area contributed by atoms with E-state index in [0.29, 0.717) is 16.0 Å². The number of nitrogens with zero attached hydrogens (tertiary/aromatic N) is 1. The van der Waals surface area contributed by atoms with Gasteiger partial charge < -0.3 is 15.0 Å². The number of carbonyl (C=O) groups excluding carboxylic acids is 1. The van der Waals surface area contributed by atoms with E-state index in [1.165, 1.54) is 18.2 Å². The number of nitrogens with one attached hydrogen (secondary N) is 1. The molecule has 2 heterocycles. The van der Waals surface area contributed by atoms with E-state index in [9.17, 15) is 9.18 Å². The van der Waals surface area contributed by atoms with Crippen LogP contribution in [-0.4, -0.2) is 49.7 Å². The van der Waals surface area contributed by atoms with E-state index in [-0.39, 0.29) is 17.8 Å². The van der Waals surface area contributed by atoms with Gasteiger partial charge in [0.25, 0.3) is 5.91 Å². The zero-order valence-corrected chi connectivity index (χ0v) is 14.6. The van der Waals surface area contributed by atoms with Crippen LogP contribution in [0.5, 0.6) is 0 Å². The van der Waals surface area contributed by atoms with Crippen LogP contribution in [0.15, 0.2) is 22.7 Å². The van der Waals surface area contributed by atoms with Crippen LogP contribution in [0.2, 0.25) is 0 Å². The second kappa shape index (κ2) is 7.73. The first-order valence-electron chi connectivity index (χ1n) is 8.18. The van der Waals surface area contributed by atoms with E-state index >= 15 is 0 Å². The standard InChI is InChI=1S/C17H22BrFN2O2/c18-16-9-13(19)1-2-15(16)17(22)20-14-3-6-21(7-4-14)10-12-5-8-23-11-12/h1-2,9,12,14H,3-8,10-11H2,(H,20,22). The van der Waals surface area contributed by atoms with Gasteiger partial charge in [-0.15, -0.1) is 0 Å². The molecule has 1 amide bonds. The molecular formula is C17H22BrFN2O2. The minimum absolute atomic E-state index is 0.139. The Morgan fingerprint density at radius 1 is 1.35 bits per heavy atom. The Morgan fingerprint density at radius 2 is 2.13 bits per heavy atom. The molecule has 0 radical (unpaired) electrons. The van der Waals surface area contributed by atoms with E-state index in [1.807, 2.05) is 0 Å². The van der Waals surface area contributed by atoms with E-state index in [4.69, 9.17) is 4.74 Å². The second-order valence-electron chi connectivity index (χ2n) is 6.40. The Balaban J connectivity index is 1.47. The predicted molar refractivity (Wildman–Crippen MR) is 90.0 cm³/mol. The minimum atomic E-state index is -0.349. The molecule has 0 spiro atoms. The zero-order chi connectivity index (χ0) is 16.2. The molecule has 2 aliphatic heterocycles. The largest absolute Gasteiger partial charge is 0.381 e. The maximum absolute atomic E-state index is 13.1. The summed E-state index contributed by atoms with van der Waals surface area (Å²) < 4.78 is 19.0. The molecule has 1 atom stereocenters. The number of hydrogen-bond donors (Lipinski definition) is 1. The van der Waals surface area contributed by atoms with Crippen LogP contribution in [0.1, 0.15) is 29.6 Å². The maximum atomic E-state index is 13.1. The highest BCUT2D eigenvalue weighted by molar-refractivity contribution is 9.10. The van der Waals surface area contributed by atoms with E-state index < -0.39 is 0 Å². The summed E-state index contributed by atoms with van der Waals surface area (Å²) in [6.45, 7) is 4.89. The average molecular weight is 385 g/mol. The van der Waals surface area contributed by atoms with Gasteiger partial charge in [0.05, 0.1) is 12.2 Å². The Hall–Kier alpha value is -0.980. The highest BCUT2D eigenvalue weighted by atomic mass is 79.9. The fourth-order valence-electron chi connectivity index (χ4n) is 3.29. The van der Waals surface area contributed by atoms with Crippen molar-refractivity contribution in [2.45, 2.75) is 25.3 Å². The van der Waals surface area contributed by atoms with Crippen molar-refractivity contribution in [3.8, 4) is 0 Å². The Bertz CT molecular complexity index is 556. The van der Waals surface area contributed by atoms with Gasteiger partial charge in [-0.2, -0.15) is 0 Å². The van der Waals surface area contributed by atoms with Crippen molar-refractivity contribution in [1.82, 2.24) is 10.2 Å². The van der Waals surface area contributed by atoms with Crippen LogP contribution in [0.3, 0.4) is 0 Å². The lowest BCUT2D eigenvalue weighted by Gasteiger charge is -2.33. The molecule has 0 saturated carbocycles. The van der Waals surface area contributed by atoms with Crippen molar-refractivity contribution >= 4 is 21.8 Å². The van der Waals surface area contributed by atoms with Gasteiger partial charge in [-0.1, -0.05) is 0 Å². The molecule has 0 aliphatic carbocycles. The van der Waals surface area contributed by atoms with Crippen LogP contribution < -0.4 is 5.32 Å². The zero-order valence-electron chi connectivity index (χ0n) is 13.1. The number of carbonyl (C=O) groups is 1. The molecular weight excluding hydrogens is 363 g/mol. The fraction of sp³-hybridized carbons (Fsp3) is 0.588. The molecule has 3 rings (SSSR count). The van der Waals surface area contributed by atoms with Crippen molar-refractivity contribution in [3.63, 3.8) is 0 Å². The molecule has 0 aromatic heterocycles. The third-order valence-electron chi connectivity index (χ3n) is 4.64. The van der Waals surface area contributed by atoms with Gasteiger partial charge in [-0.25, -0.2) is 4.39 Å². The van der Waals surface area contributed by atoms with Gasteiger partial charge in [0.15, 0.2) is 0 Å². The molecule has 2 aliphatic rings. The van der Waals surface area contributed by atoms with Crippen molar-refractivity contribution in [1.29, 1.82) is 0 Å². The van der Waals surface area contributed by atoms with Gasteiger partial charge in [0.2, 0.25) is 0 Å². The molecule has 23 heavy (non-hydrogen) atoms. The molecule has 1 unspecified atom stereocenters. The summed E-state index contributed by atoms with van der Waals surface area (Å²) >= 11 is 3.25. The number of piperidine rings is 1. The number of hydrogen-bond acceptors (Lipinski definition) is 3. The first-order valence-corrected chi connectivity index (χ1v) is 8.97. The molecule has 1 aromatic rings. The summed E-state index contributed by atoms with van der Waals surface area (Å²) in [6.07, 6.45) is 3.07. The topological polar surface area (TPSA) is 41.6 Å². The van der Waals surface area contributed by atoms with Crippen LogP contribution in [0.25, 0.3) is 0 Å². The molecule has 4 nitrogen and oxygen atoms in total. The van der Waals surface area contributed by atoms with Gasteiger partial charge in [-0.3, -0.25) is 4.79 Å². The van der Waals surface area contributed by atoms with Crippen LogP contribution >= 0.6 is 15.9 Å². The first-order chi connectivity index (χ1) is 11.1. The molecule has 2 fully saturated rings. The summed E-state index contributed by atoms with van der Waals surface area (Å²) in [5.74, 6) is 0.174. The van der Waals surface area contributed by atoms with Crippen LogP contribution in [0.4, 0.5) is 4.39 Å². The third kappa shape index (κ3) is 4.52. The highest BCUT2D eigenvalue weighted by Crippen LogP contribution is 2.20. The lowest BCUT2D eigenvalue weighted by molar-refractivity contribution is 0.0902. The number of benzene rings is 1. The number of rotatable bonds is 4. The van der Waals surface area contributed by atoms with Crippen LogP contribution in [-0.2, 0) is 4.74 Å². The summed E-state index contributed by atoms with van der Waals surface area (Å²) in [5.41, 5.74) is 0.483. The minimum Gasteiger partial charge on any atom is -0.381 e. The highest BCUT2D eigenvalue weighted by Gasteiger charge is 2.25. The quantitative estimate of drug-likeness (QED) is 0.867. The second-order valence-corrected chi connectivity index (χ2v) is 7.26. The van der Waals surface area contributed by atoms with Crippen molar-refractivity contribution in [2.24, 2.45) is 5.92 Å². The molecule has 6 heteroatoms. The number of ether oxygens (including phenoxy) is 1. The SMILES string of the molecule is O=C(NC1CCN(CC2CCOC2)CC1)c1ccc(F)cc1Br. The monoisotopic (exact) mass is 384 g/mol. The van der Waals surface area contributed by atoms with Crippen LogP contribution in [0, 0.1) is 11.7 Å². The molecule has 126 valence electrons. The maximum Gasteiger partial charge on any atom is 0.252 e. The van der Waals surface area contributed by atoms with E-state index in [1.54, 1.807) is 0 Å². The summed E-state index contributed by atoms with van der Waals surface area (Å²) in [6, 6.07) is 4.34. The van der Waals surface area contributed by atoms with Gasteiger partial charge >= 0.3 is 0 Å². The van der Waals surface area contributed by atoms with Gasteiger partial charge in [0, 0.05) is 36.8 Å². The van der Waals surface area contributed by atoms with Gasteiger partial charge in [-0.05, 0) is 59.3 Å². The first kappa shape index (κ1) is 16.9. The van der Waals surface area contributed by atoms with Crippen molar-refractivity contribution in [3.05, 3.63) is 34.1 Å². The fourth-order valence-corrected chi connectivity index (χ4v) is 3.82. The van der Waals surface area contributed by atoms with Crippen molar-refractivity contribution < 1.29 is 13.9 Å². The molecule has 2 saturated heterocycles. The Labute approximate surface area is 144 Å². The summed E-state index contributed by atoms with van der Waals surface area (Å²) in [4.78, 5) is 14.8. The Morgan fingerprint density at radius 3 is 2.78 bits per heavy atom. The number of amides is 1. The van der Waals surface area contributed by atoms with E-state index in [0.717, 1.165) is 52.1 Å².